The molecule has 8 atom stereocenters. The van der Waals surface area contributed by atoms with Gasteiger partial charge in [0.15, 0.2) is 11.6 Å². The molecule has 394 valence electrons. The first kappa shape index (κ1) is 55.1. The number of Topliss-reactive ketones (excluding diaryl/α,β-unsaturated/α-hetero) is 1. The van der Waals surface area contributed by atoms with Gasteiger partial charge < -0.3 is 39.0 Å². The fourth-order valence-electron chi connectivity index (χ4n) is 9.44. The summed E-state index contributed by atoms with van der Waals surface area (Å²) in [6, 6.07) is 3.53. The van der Waals surface area contributed by atoms with E-state index in [-0.39, 0.29) is 75.3 Å². The summed E-state index contributed by atoms with van der Waals surface area (Å²) in [5, 5.41) is 3.28. The summed E-state index contributed by atoms with van der Waals surface area (Å²) in [6.07, 6.45) is -4.19. The number of likely N-dealkylation sites (N-methyl/N-ethyl adjacent to an activating group) is 2. The van der Waals surface area contributed by atoms with E-state index in [1.54, 1.807) is 72.9 Å². The second-order valence-electron chi connectivity index (χ2n) is 21.3. The van der Waals surface area contributed by atoms with Gasteiger partial charge in [-0.1, -0.05) is 13.8 Å². The van der Waals surface area contributed by atoms with Crippen molar-refractivity contribution in [2.75, 3.05) is 27.2 Å². The molecular weight excluding hydrogens is 941 g/mol. The first-order chi connectivity index (χ1) is 33.6. The number of imidazole rings is 1. The zero-order valence-electron chi connectivity index (χ0n) is 43.4. The molecule has 0 bridgehead atoms. The minimum Gasteiger partial charge on any atom is -0.444 e. The number of ketones is 1. The topological polar surface area (TPSA) is 179 Å². The molecule has 2 aliphatic rings. The van der Waals surface area contributed by atoms with Crippen LogP contribution >= 0.6 is 0 Å². The van der Waals surface area contributed by atoms with Crippen LogP contribution in [0.3, 0.4) is 0 Å². The molecule has 2 N–H and O–H groups in total. The molecule has 2 aromatic heterocycles. The number of carbonyl (C=O) groups is 6. The molecule has 4 heterocycles. The Hall–Kier alpha value is -6.21. The van der Waals surface area contributed by atoms with Gasteiger partial charge in [0.25, 0.3) is 0 Å². The Bertz CT molecular complexity index is 2500. The van der Waals surface area contributed by atoms with Crippen molar-refractivity contribution in [1.82, 2.24) is 39.5 Å². The van der Waals surface area contributed by atoms with E-state index in [0.717, 1.165) is 4.90 Å². The van der Waals surface area contributed by atoms with Crippen LogP contribution in [0.25, 0.3) is 33.5 Å². The fraction of sp³-hybridized carbons (Fsp3) is 0.596. The molecule has 20 heteroatoms. The first-order valence-electron chi connectivity index (χ1n) is 24.7. The van der Waals surface area contributed by atoms with Crippen LogP contribution in [0.4, 0.5) is 27.2 Å². The van der Waals surface area contributed by atoms with Crippen LogP contribution in [0.1, 0.15) is 107 Å². The second kappa shape index (κ2) is 21.9. The molecule has 2 aliphatic heterocycles. The van der Waals surface area contributed by atoms with Crippen molar-refractivity contribution < 1.29 is 55.8 Å². The van der Waals surface area contributed by atoms with Gasteiger partial charge in [-0.25, -0.2) is 32.1 Å². The fourth-order valence-corrected chi connectivity index (χ4v) is 9.44. The number of hydrogen-bond acceptors (Lipinski definition) is 9. The van der Waals surface area contributed by atoms with Crippen molar-refractivity contribution in [3.63, 3.8) is 0 Å². The number of aromatic amines is 1. The predicted molar refractivity (Wildman–Crippen MR) is 263 cm³/mol. The number of aromatic nitrogens is 3. The van der Waals surface area contributed by atoms with Gasteiger partial charge >= 0.3 is 12.2 Å². The summed E-state index contributed by atoms with van der Waals surface area (Å²) in [5.41, 5.74) is 0.277. The van der Waals surface area contributed by atoms with Crippen LogP contribution in [-0.2, 0) is 41.6 Å². The third-order valence-corrected chi connectivity index (χ3v) is 13.6. The van der Waals surface area contributed by atoms with Gasteiger partial charge in [0.05, 0.1) is 41.9 Å². The first-order valence-corrected chi connectivity index (χ1v) is 24.7. The number of amides is 5. The highest BCUT2D eigenvalue weighted by atomic mass is 19.1. The molecule has 2 fully saturated rings. The van der Waals surface area contributed by atoms with E-state index < -0.39 is 101 Å². The lowest BCUT2D eigenvalue weighted by molar-refractivity contribution is -0.139. The minimum atomic E-state index is -1.44. The van der Waals surface area contributed by atoms with E-state index in [4.69, 9.17) is 14.5 Å². The molecule has 0 aliphatic carbocycles. The van der Waals surface area contributed by atoms with Crippen molar-refractivity contribution in [2.45, 2.75) is 168 Å². The number of H-pyrrole nitrogens is 1. The number of halogens is 4. The molecule has 5 amide bonds. The molecular formula is C52H70F4N8O8. The summed E-state index contributed by atoms with van der Waals surface area (Å²) in [5.74, 6) is -3.74. The SMILES string of the molecule is CC[C@H](CC(=O)[C@H](C)N(C)C(=O)OC(C)(C)C)C(=O)N1C[C@@H](F)C[C@H]1Cc1c(-c2nc3cc(F)ccc3n2C[C@@H]2C[C@H](F)CN2C(=O)[C@H](CC)NC(=O)[C@H](C)N(C)C(=O)OC(C)(C)C)[nH]c2cc(F)ccc12. The molecule has 2 aromatic carbocycles. The van der Waals surface area contributed by atoms with E-state index in [1.807, 2.05) is 0 Å². The molecule has 16 nitrogen and oxygen atoms in total. The Balaban J connectivity index is 1.31. The van der Waals surface area contributed by atoms with Crippen LogP contribution < -0.4 is 5.32 Å². The highest BCUT2D eigenvalue weighted by molar-refractivity contribution is 5.94. The lowest BCUT2D eigenvalue weighted by atomic mass is 9.93. The van der Waals surface area contributed by atoms with E-state index >= 15 is 8.78 Å². The Morgan fingerprint density at radius 1 is 0.792 bits per heavy atom. The third-order valence-electron chi connectivity index (χ3n) is 13.6. The molecule has 6 rings (SSSR count). The number of fused-ring (bicyclic) bond motifs is 2. The van der Waals surface area contributed by atoms with Crippen molar-refractivity contribution >= 4 is 57.6 Å². The number of likely N-dealkylation sites (tertiary alicyclic amines) is 2. The van der Waals surface area contributed by atoms with E-state index in [1.165, 1.54) is 66.1 Å². The molecule has 0 unspecified atom stereocenters. The standard InChI is InChI=1S/C52H70F4N8O8/c1-13-30(19-43(65)28(3)60(11)49(69)71-51(5,6)7)47(67)62-25-33(55)20-35(62)24-38-37-17-15-31(53)22-40(37)57-44(38)45-58-41-23-32(54)16-18-42(41)64(45)27-36-21-34(56)26-63(36)48(68)39(14-2)59-46(66)29(4)61(12)50(70)72-52(8,9)10/h15-18,22-23,28-30,33-36,39,57H,13-14,19-21,24-27H2,1-12H3,(H,59,66)/t28-,29-,30+,33-,34-,35-,36-,39-/m0/s1. The Morgan fingerprint density at radius 2 is 1.35 bits per heavy atom. The lowest BCUT2D eigenvalue weighted by Crippen LogP contribution is -2.55. The number of alkyl halides is 2. The maximum absolute atomic E-state index is 15.7. The second-order valence-corrected chi connectivity index (χ2v) is 21.3. The van der Waals surface area contributed by atoms with Gasteiger partial charge in [-0.05, 0) is 111 Å². The molecule has 72 heavy (non-hydrogen) atoms. The lowest BCUT2D eigenvalue weighted by Gasteiger charge is -2.31. The molecule has 4 aromatic rings. The van der Waals surface area contributed by atoms with Gasteiger partial charge in [0.2, 0.25) is 17.7 Å². The molecule has 0 spiro atoms. The number of ether oxygens (including phenoxy) is 2. The van der Waals surface area contributed by atoms with Crippen molar-refractivity contribution in [3.8, 4) is 11.5 Å². The van der Waals surface area contributed by atoms with E-state index in [9.17, 15) is 37.5 Å². The normalized spacial score (nSPS) is 20.1. The van der Waals surface area contributed by atoms with Crippen molar-refractivity contribution in [3.05, 3.63) is 53.6 Å². The van der Waals surface area contributed by atoms with Gasteiger partial charge in [-0.2, -0.15) is 0 Å². The highest BCUT2D eigenvalue weighted by Crippen LogP contribution is 2.38. The van der Waals surface area contributed by atoms with Crippen LogP contribution in [0.5, 0.6) is 0 Å². The third kappa shape index (κ3) is 12.5. The van der Waals surface area contributed by atoms with Crippen LogP contribution in [-0.4, -0.2) is 151 Å². The highest BCUT2D eigenvalue weighted by Gasteiger charge is 2.42. The Labute approximate surface area is 418 Å². The minimum absolute atomic E-state index is 0.0485. The van der Waals surface area contributed by atoms with Crippen LogP contribution in [0.2, 0.25) is 0 Å². The molecule has 0 radical (unpaired) electrons. The van der Waals surface area contributed by atoms with Crippen LogP contribution in [0.15, 0.2) is 36.4 Å². The zero-order valence-corrected chi connectivity index (χ0v) is 43.4. The Morgan fingerprint density at radius 3 is 1.93 bits per heavy atom. The number of benzene rings is 2. The van der Waals surface area contributed by atoms with Crippen LogP contribution in [0, 0.1) is 17.6 Å². The van der Waals surface area contributed by atoms with Gasteiger partial charge in [0.1, 0.15) is 47.3 Å². The molecule has 0 saturated carbocycles. The van der Waals surface area contributed by atoms with Gasteiger partial charge in [-0.15, -0.1) is 0 Å². The summed E-state index contributed by atoms with van der Waals surface area (Å²) < 4.78 is 73.8. The quantitative estimate of drug-likeness (QED) is 0.105. The number of rotatable bonds is 16. The largest absolute Gasteiger partial charge is 0.444 e. The average molecular weight is 1010 g/mol. The smallest absolute Gasteiger partial charge is 0.410 e. The summed E-state index contributed by atoms with van der Waals surface area (Å²) >= 11 is 0. The summed E-state index contributed by atoms with van der Waals surface area (Å²) in [4.78, 5) is 94.7. The predicted octanol–water partition coefficient (Wildman–Crippen LogP) is 8.27. The molecule has 2 saturated heterocycles. The summed E-state index contributed by atoms with van der Waals surface area (Å²) in [6.45, 7) is 16.1. The maximum Gasteiger partial charge on any atom is 0.410 e. The van der Waals surface area contributed by atoms with Crippen molar-refractivity contribution in [1.29, 1.82) is 0 Å². The van der Waals surface area contributed by atoms with E-state index in [2.05, 4.69) is 10.3 Å². The number of hydrogen-bond donors (Lipinski definition) is 2. The number of carbonyl (C=O) groups excluding carboxylic acids is 6. The Kier molecular flexibility index (Phi) is 16.7. The number of nitrogens with one attached hydrogen (secondary N) is 2. The monoisotopic (exact) mass is 1010 g/mol. The number of nitrogens with zero attached hydrogens (tertiary/aromatic N) is 6. The average Bonchev–Trinajstić information content (AvgIpc) is 4.06. The van der Waals surface area contributed by atoms with E-state index in [0.29, 0.717) is 27.7 Å². The van der Waals surface area contributed by atoms with Crippen molar-refractivity contribution in [2.24, 2.45) is 5.92 Å². The summed E-state index contributed by atoms with van der Waals surface area (Å²) in [7, 11) is 2.86. The zero-order chi connectivity index (χ0) is 53.3. The maximum atomic E-state index is 15.7. The van der Waals surface area contributed by atoms with Gasteiger partial charge in [-0.3, -0.25) is 24.1 Å². The van der Waals surface area contributed by atoms with Gasteiger partial charge in [0, 0.05) is 68.8 Å².